The Balaban J connectivity index is 1.87. The normalized spacial score (nSPS) is 22.2. The summed E-state index contributed by atoms with van der Waals surface area (Å²) in [6, 6.07) is 7.56. The summed E-state index contributed by atoms with van der Waals surface area (Å²) >= 11 is 0. The lowest BCUT2D eigenvalue weighted by Gasteiger charge is -2.24. The van der Waals surface area contributed by atoms with Crippen LogP contribution < -0.4 is 5.73 Å². The number of amidine groups is 1. The summed E-state index contributed by atoms with van der Waals surface area (Å²) in [5.41, 5.74) is 8.05. The largest absolute Gasteiger partial charge is 0.385 e. The average molecular weight is 273 g/mol. The van der Waals surface area contributed by atoms with Crippen LogP contribution in [-0.4, -0.2) is 30.4 Å². The Labute approximate surface area is 118 Å². The molecule has 1 fully saturated rings. The van der Waals surface area contributed by atoms with Crippen molar-refractivity contribution in [2.24, 2.45) is 16.6 Å². The molecule has 1 unspecified atom stereocenters. The fraction of sp³-hybridized carbons (Fsp3) is 0.467. The summed E-state index contributed by atoms with van der Waals surface area (Å²) in [5, 5.41) is 0. The Kier molecular flexibility index (Phi) is 3.44. The second kappa shape index (κ2) is 5.25. The molecule has 20 heavy (non-hydrogen) atoms. The molecule has 2 aliphatic rings. The number of ether oxygens (including phenoxy) is 1. The summed E-state index contributed by atoms with van der Waals surface area (Å²) in [7, 11) is 1.67. The smallest absolute Gasteiger partial charge is 0.346 e. The van der Waals surface area contributed by atoms with E-state index in [9.17, 15) is 4.79 Å². The van der Waals surface area contributed by atoms with Crippen LogP contribution in [0, 0.1) is 5.92 Å². The zero-order valence-electron chi connectivity index (χ0n) is 11.6. The molecule has 1 atom stereocenters. The van der Waals surface area contributed by atoms with Crippen molar-refractivity contribution in [2.45, 2.75) is 25.5 Å². The molecule has 1 aromatic carbocycles. The molecule has 2 N–H and O–H groups in total. The first-order valence-corrected chi connectivity index (χ1v) is 6.91. The van der Waals surface area contributed by atoms with Crippen LogP contribution in [0.4, 0.5) is 4.79 Å². The first kappa shape index (κ1) is 13.1. The SMILES string of the molecule is COCc1cccc(C2C(N)=NC(=O)N2CC2CC2)c1. The highest BCUT2D eigenvalue weighted by molar-refractivity contribution is 6.03. The van der Waals surface area contributed by atoms with Crippen LogP contribution in [-0.2, 0) is 11.3 Å². The maximum atomic E-state index is 12.0. The predicted octanol–water partition coefficient (Wildman–Crippen LogP) is 2.08. The molecule has 1 aromatic rings. The molecule has 2 amide bonds. The number of carbonyl (C=O) groups is 1. The summed E-state index contributed by atoms with van der Waals surface area (Å²) in [4.78, 5) is 17.7. The number of carbonyl (C=O) groups excluding carboxylic acids is 1. The Morgan fingerprint density at radius 2 is 2.25 bits per heavy atom. The molecule has 0 aromatic heterocycles. The van der Waals surface area contributed by atoms with Gasteiger partial charge < -0.3 is 15.4 Å². The fourth-order valence-corrected chi connectivity index (χ4v) is 2.64. The van der Waals surface area contributed by atoms with Crippen molar-refractivity contribution in [1.82, 2.24) is 4.90 Å². The lowest BCUT2D eigenvalue weighted by molar-refractivity contribution is 0.184. The minimum atomic E-state index is -0.222. The maximum Gasteiger partial charge on any atom is 0.346 e. The second-order valence-corrected chi connectivity index (χ2v) is 5.50. The van der Waals surface area contributed by atoms with E-state index in [4.69, 9.17) is 10.5 Å². The number of hydrogen-bond acceptors (Lipinski definition) is 3. The van der Waals surface area contributed by atoms with Gasteiger partial charge in [-0.3, -0.25) is 0 Å². The number of methoxy groups -OCH3 is 1. The third-order valence-electron chi connectivity index (χ3n) is 3.79. The third-order valence-corrected chi connectivity index (χ3v) is 3.79. The Morgan fingerprint density at radius 3 is 2.95 bits per heavy atom. The Bertz CT molecular complexity index is 552. The number of rotatable bonds is 5. The number of aliphatic imine (C=N–C) groups is 1. The first-order chi connectivity index (χ1) is 9.69. The van der Waals surface area contributed by atoms with Crippen molar-refractivity contribution in [2.75, 3.05) is 13.7 Å². The van der Waals surface area contributed by atoms with E-state index in [1.165, 1.54) is 12.8 Å². The quantitative estimate of drug-likeness (QED) is 0.893. The standard InChI is InChI=1S/C15H19N3O2/c1-20-9-11-3-2-4-12(7-11)13-14(16)17-15(19)18(13)8-10-5-6-10/h2-4,7,10,13H,5-6,8-9H2,1H3,(H2,16,17,19). The number of nitrogens with two attached hydrogens (primary N) is 1. The molecular weight excluding hydrogens is 254 g/mol. The van der Waals surface area contributed by atoms with Gasteiger partial charge in [-0.05, 0) is 29.9 Å². The fourth-order valence-electron chi connectivity index (χ4n) is 2.64. The van der Waals surface area contributed by atoms with Gasteiger partial charge in [0.1, 0.15) is 11.9 Å². The van der Waals surface area contributed by atoms with Crippen LogP contribution in [0.15, 0.2) is 29.3 Å². The molecule has 0 saturated heterocycles. The highest BCUT2D eigenvalue weighted by atomic mass is 16.5. The van der Waals surface area contributed by atoms with Gasteiger partial charge in [-0.15, -0.1) is 0 Å². The summed E-state index contributed by atoms with van der Waals surface area (Å²) in [6.07, 6.45) is 2.39. The minimum absolute atomic E-state index is 0.212. The van der Waals surface area contributed by atoms with Gasteiger partial charge in [0.05, 0.1) is 6.61 Å². The maximum absolute atomic E-state index is 12.0. The summed E-state index contributed by atoms with van der Waals surface area (Å²) < 4.78 is 5.15. The van der Waals surface area contributed by atoms with E-state index in [2.05, 4.69) is 4.99 Å². The van der Waals surface area contributed by atoms with Crippen LogP contribution in [0.1, 0.15) is 30.0 Å². The Morgan fingerprint density at radius 1 is 1.45 bits per heavy atom. The van der Waals surface area contributed by atoms with Crippen LogP contribution in [0.25, 0.3) is 0 Å². The van der Waals surface area contributed by atoms with Crippen LogP contribution in [0.5, 0.6) is 0 Å². The summed E-state index contributed by atoms with van der Waals surface area (Å²) in [5.74, 6) is 1.01. The highest BCUT2D eigenvalue weighted by Gasteiger charge is 2.38. The van der Waals surface area contributed by atoms with Gasteiger partial charge >= 0.3 is 6.03 Å². The van der Waals surface area contributed by atoms with Crippen LogP contribution in [0.3, 0.4) is 0 Å². The first-order valence-electron chi connectivity index (χ1n) is 6.91. The number of urea groups is 1. The second-order valence-electron chi connectivity index (χ2n) is 5.50. The van der Waals surface area contributed by atoms with Crippen molar-refractivity contribution >= 4 is 11.9 Å². The molecule has 1 aliphatic carbocycles. The number of nitrogens with zero attached hydrogens (tertiary/aromatic N) is 2. The number of amides is 2. The molecule has 5 heteroatoms. The zero-order chi connectivity index (χ0) is 14.1. The van der Waals surface area contributed by atoms with Gasteiger partial charge in [-0.2, -0.15) is 4.99 Å². The average Bonchev–Trinajstić information content (AvgIpc) is 3.18. The van der Waals surface area contributed by atoms with Gasteiger partial charge in [-0.25, -0.2) is 4.79 Å². The number of hydrogen-bond donors (Lipinski definition) is 1. The van der Waals surface area contributed by atoms with E-state index >= 15 is 0 Å². The molecule has 1 aliphatic heterocycles. The van der Waals surface area contributed by atoms with Crippen molar-refractivity contribution in [3.05, 3.63) is 35.4 Å². The van der Waals surface area contributed by atoms with Gasteiger partial charge in [0.25, 0.3) is 0 Å². The molecule has 106 valence electrons. The van der Waals surface area contributed by atoms with Crippen molar-refractivity contribution in [3.63, 3.8) is 0 Å². The number of benzene rings is 1. The minimum Gasteiger partial charge on any atom is -0.385 e. The lowest BCUT2D eigenvalue weighted by Crippen LogP contribution is -2.34. The predicted molar refractivity (Wildman–Crippen MR) is 76.3 cm³/mol. The molecule has 5 nitrogen and oxygen atoms in total. The zero-order valence-corrected chi connectivity index (χ0v) is 11.6. The lowest BCUT2D eigenvalue weighted by atomic mass is 10.0. The molecular formula is C15H19N3O2. The molecule has 0 bridgehead atoms. The van der Waals surface area contributed by atoms with E-state index in [0.29, 0.717) is 18.4 Å². The van der Waals surface area contributed by atoms with Gasteiger partial charge in [0, 0.05) is 13.7 Å². The molecule has 1 saturated carbocycles. The van der Waals surface area contributed by atoms with Crippen molar-refractivity contribution in [1.29, 1.82) is 0 Å². The van der Waals surface area contributed by atoms with Gasteiger partial charge in [0.2, 0.25) is 0 Å². The van der Waals surface area contributed by atoms with E-state index in [-0.39, 0.29) is 12.1 Å². The van der Waals surface area contributed by atoms with Crippen LogP contribution in [0.2, 0.25) is 0 Å². The monoisotopic (exact) mass is 273 g/mol. The van der Waals surface area contributed by atoms with Gasteiger partial charge in [0.15, 0.2) is 0 Å². The third kappa shape index (κ3) is 2.54. The molecule has 0 radical (unpaired) electrons. The van der Waals surface area contributed by atoms with E-state index in [1.807, 2.05) is 24.3 Å². The summed E-state index contributed by atoms with van der Waals surface area (Å²) in [6.45, 7) is 1.30. The molecule has 0 spiro atoms. The Hall–Kier alpha value is -1.88. The van der Waals surface area contributed by atoms with Gasteiger partial charge in [-0.1, -0.05) is 24.3 Å². The van der Waals surface area contributed by atoms with Crippen LogP contribution >= 0.6 is 0 Å². The van der Waals surface area contributed by atoms with E-state index in [0.717, 1.165) is 17.7 Å². The molecule has 3 rings (SSSR count). The molecule has 1 heterocycles. The van der Waals surface area contributed by atoms with E-state index < -0.39 is 0 Å². The van der Waals surface area contributed by atoms with Crippen molar-refractivity contribution < 1.29 is 9.53 Å². The van der Waals surface area contributed by atoms with Crippen molar-refractivity contribution in [3.8, 4) is 0 Å². The highest BCUT2D eigenvalue weighted by Crippen LogP contribution is 2.35. The van der Waals surface area contributed by atoms with E-state index in [1.54, 1.807) is 12.0 Å². The topological polar surface area (TPSA) is 67.9 Å².